The number of anilines is 1. The standard InChI is InChI=1S/C13H15N3O4S/c1-9-7-10(19-2)11(20-3)8-12(9)21(17,18)16-13-14-5-4-6-15-13/h4-8H,1-3H3,(H,14,15,16). The number of hydrogen-bond acceptors (Lipinski definition) is 6. The Morgan fingerprint density at radius 3 is 2.19 bits per heavy atom. The summed E-state index contributed by atoms with van der Waals surface area (Å²) in [5.41, 5.74) is 0.524. The Balaban J connectivity index is 2.45. The van der Waals surface area contributed by atoms with E-state index < -0.39 is 10.0 Å². The lowest BCUT2D eigenvalue weighted by atomic mass is 10.2. The Morgan fingerprint density at radius 2 is 1.62 bits per heavy atom. The van der Waals surface area contributed by atoms with Gasteiger partial charge < -0.3 is 9.47 Å². The van der Waals surface area contributed by atoms with E-state index in [4.69, 9.17) is 9.47 Å². The van der Waals surface area contributed by atoms with Gasteiger partial charge >= 0.3 is 0 Å². The largest absolute Gasteiger partial charge is 0.493 e. The molecule has 0 amide bonds. The average Bonchev–Trinajstić information content (AvgIpc) is 2.47. The van der Waals surface area contributed by atoms with Gasteiger partial charge in [-0.3, -0.25) is 0 Å². The normalized spacial score (nSPS) is 11.0. The molecule has 1 N–H and O–H groups in total. The second-order valence-electron chi connectivity index (χ2n) is 4.15. The molecule has 0 saturated carbocycles. The van der Waals surface area contributed by atoms with Crippen LogP contribution >= 0.6 is 0 Å². The zero-order chi connectivity index (χ0) is 15.5. The lowest BCUT2D eigenvalue weighted by Crippen LogP contribution is -2.16. The second-order valence-corrected chi connectivity index (χ2v) is 5.80. The molecule has 0 saturated heterocycles. The van der Waals surface area contributed by atoms with Crippen LogP contribution in [0.5, 0.6) is 11.5 Å². The number of aryl methyl sites for hydroxylation is 1. The predicted octanol–water partition coefficient (Wildman–Crippen LogP) is 1.60. The lowest BCUT2D eigenvalue weighted by Gasteiger charge is -2.13. The molecule has 0 aliphatic heterocycles. The summed E-state index contributed by atoms with van der Waals surface area (Å²) in [7, 11) is -0.883. The smallest absolute Gasteiger partial charge is 0.264 e. The van der Waals surface area contributed by atoms with E-state index in [2.05, 4.69) is 14.7 Å². The first kappa shape index (κ1) is 15.0. The van der Waals surface area contributed by atoms with Crippen LogP contribution in [0.2, 0.25) is 0 Å². The van der Waals surface area contributed by atoms with E-state index in [-0.39, 0.29) is 10.8 Å². The highest BCUT2D eigenvalue weighted by Gasteiger charge is 2.21. The molecular formula is C13H15N3O4S. The van der Waals surface area contributed by atoms with Crippen LogP contribution in [0.15, 0.2) is 35.5 Å². The summed E-state index contributed by atoms with van der Waals surface area (Å²) in [5.74, 6) is 0.800. The molecule has 0 atom stereocenters. The first-order valence-corrected chi connectivity index (χ1v) is 7.48. The quantitative estimate of drug-likeness (QED) is 0.902. The zero-order valence-electron chi connectivity index (χ0n) is 11.8. The molecule has 112 valence electrons. The fourth-order valence-electron chi connectivity index (χ4n) is 1.78. The molecule has 0 fully saturated rings. The predicted molar refractivity (Wildman–Crippen MR) is 77.1 cm³/mol. The molecule has 1 heterocycles. The number of ether oxygens (including phenoxy) is 2. The minimum absolute atomic E-state index is 0.00619. The summed E-state index contributed by atoms with van der Waals surface area (Å²) < 4.78 is 37.4. The molecule has 0 unspecified atom stereocenters. The highest BCUT2D eigenvalue weighted by Crippen LogP contribution is 2.32. The van der Waals surface area contributed by atoms with E-state index in [0.717, 1.165) is 0 Å². The van der Waals surface area contributed by atoms with Gasteiger partial charge in [0.15, 0.2) is 11.5 Å². The molecule has 7 nitrogen and oxygen atoms in total. The highest BCUT2D eigenvalue weighted by molar-refractivity contribution is 7.92. The van der Waals surface area contributed by atoms with Crippen LogP contribution in [-0.2, 0) is 10.0 Å². The molecule has 2 aromatic rings. The molecule has 0 bridgehead atoms. The first-order chi connectivity index (χ1) is 9.97. The Bertz CT molecular complexity index is 733. The molecule has 21 heavy (non-hydrogen) atoms. The van der Waals surface area contributed by atoms with E-state index in [1.54, 1.807) is 19.1 Å². The third kappa shape index (κ3) is 3.22. The van der Waals surface area contributed by atoms with Crippen LogP contribution in [0, 0.1) is 6.92 Å². The number of sulfonamides is 1. The fraction of sp³-hybridized carbons (Fsp3) is 0.231. The molecule has 2 rings (SSSR count). The van der Waals surface area contributed by atoms with Crippen LogP contribution in [-0.4, -0.2) is 32.6 Å². The van der Waals surface area contributed by atoms with Crippen molar-refractivity contribution in [1.29, 1.82) is 0 Å². The summed E-state index contributed by atoms with van der Waals surface area (Å²) in [6, 6.07) is 4.60. The van der Waals surface area contributed by atoms with Crippen molar-refractivity contribution in [3.8, 4) is 11.5 Å². The summed E-state index contributed by atoms with van der Waals surface area (Å²) >= 11 is 0. The Kier molecular flexibility index (Phi) is 4.27. The number of hydrogen-bond donors (Lipinski definition) is 1. The number of nitrogens with one attached hydrogen (secondary N) is 1. The second kappa shape index (κ2) is 5.96. The van der Waals surface area contributed by atoms with Crippen molar-refractivity contribution in [3.63, 3.8) is 0 Å². The maximum absolute atomic E-state index is 12.4. The molecule has 0 radical (unpaired) electrons. The van der Waals surface area contributed by atoms with Gasteiger partial charge in [0, 0.05) is 18.5 Å². The number of methoxy groups -OCH3 is 2. The van der Waals surface area contributed by atoms with Gasteiger partial charge in [0.2, 0.25) is 5.95 Å². The van der Waals surface area contributed by atoms with Gasteiger partial charge in [0.25, 0.3) is 10.0 Å². The van der Waals surface area contributed by atoms with Crippen molar-refractivity contribution in [3.05, 3.63) is 36.2 Å². The lowest BCUT2D eigenvalue weighted by molar-refractivity contribution is 0.353. The van der Waals surface area contributed by atoms with Gasteiger partial charge in [-0.25, -0.2) is 23.1 Å². The van der Waals surface area contributed by atoms with Gasteiger partial charge in [-0.15, -0.1) is 0 Å². The Morgan fingerprint density at radius 1 is 1.05 bits per heavy atom. The third-order valence-electron chi connectivity index (χ3n) is 2.76. The van der Waals surface area contributed by atoms with Crippen LogP contribution in [0.4, 0.5) is 5.95 Å². The highest BCUT2D eigenvalue weighted by atomic mass is 32.2. The topological polar surface area (TPSA) is 90.4 Å². The van der Waals surface area contributed by atoms with Crippen molar-refractivity contribution in [2.24, 2.45) is 0 Å². The van der Waals surface area contributed by atoms with Crippen LogP contribution < -0.4 is 14.2 Å². The number of nitrogens with zero attached hydrogens (tertiary/aromatic N) is 2. The monoisotopic (exact) mass is 309 g/mol. The number of rotatable bonds is 5. The van der Waals surface area contributed by atoms with Crippen molar-refractivity contribution in [1.82, 2.24) is 9.97 Å². The summed E-state index contributed by atoms with van der Waals surface area (Å²) in [4.78, 5) is 7.75. The third-order valence-corrected chi connectivity index (χ3v) is 4.23. The van der Waals surface area contributed by atoms with Crippen LogP contribution in [0.1, 0.15) is 5.56 Å². The maximum Gasteiger partial charge on any atom is 0.264 e. The molecule has 0 aliphatic rings. The Hall–Kier alpha value is -2.35. The number of benzene rings is 1. The summed E-state index contributed by atoms with van der Waals surface area (Å²) in [6.07, 6.45) is 2.90. The van der Waals surface area contributed by atoms with E-state index in [0.29, 0.717) is 17.1 Å². The SMILES string of the molecule is COc1cc(C)c(S(=O)(=O)Nc2ncccn2)cc1OC. The summed E-state index contributed by atoms with van der Waals surface area (Å²) in [5, 5.41) is 0. The molecule has 0 aliphatic carbocycles. The molecule has 0 spiro atoms. The van der Waals surface area contributed by atoms with Gasteiger partial charge in [-0.1, -0.05) is 0 Å². The maximum atomic E-state index is 12.4. The van der Waals surface area contributed by atoms with E-state index >= 15 is 0 Å². The fourth-order valence-corrected chi connectivity index (χ4v) is 2.98. The van der Waals surface area contributed by atoms with E-state index in [1.165, 1.54) is 32.7 Å². The average molecular weight is 309 g/mol. The summed E-state index contributed by atoms with van der Waals surface area (Å²) in [6.45, 7) is 1.67. The van der Waals surface area contributed by atoms with Gasteiger partial charge in [-0.05, 0) is 24.6 Å². The van der Waals surface area contributed by atoms with Gasteiger partial charge in [0.05, 0.1) is 19.1 Å². The van der Waals surface area contributed by atoms with Crippen molar-refractivity contribution < 1.29 is 17.9 Å². The van der Waals surface area contributed by atoms with E-state index in [1.807, 2.05) is 0 Å². The molecule has 1 aromatic heterocycles. The molecule has 1 aromatic carbocycles. The first-order valence-electron chi connectivity index (χ1n) is 6.00. The van der Waals surface area contributed by atoms with Crippen LogP contribution in [0.3, 0.4) is 0 Å². The van der Waals surface area contributed by atoms with Crippen molar-refractivity contribution >= 4 is 16.0 Å². The van der Waals surface area contributed by atoms with Crippen molar-refractivity contribution in [2.75, 3.05) is 18.9 Å². The van der Waals surface area contributed by atoms with Gasteiger partial charge in [0.1, 0.15) is 0 Å². The van der Waals surface area contributed by atoms with Crippen molar-refractivity contribution in [2.45, 2.75) is 11.8 Å². The minimum Gasteiger partial charge on any atom is -0.493 e. The van der Waals surface area contributed by atoms with E-state index in [9.17, 15) is 8.42 Å². The molecule has 8 heteroatoms. The van der Waals surface area contributed by atoms with Crippen LogP contribution in [0.25, 0.3) is 0 Å². The zero-order valence-corrected chi connectivity index (χ0v) is 12.6. The number of aromatic nitrogens is 2. The van der Waals surface area contributed by atoms with Gasteiger partial charge in [-0.2, -0.15) is 0 Å². The Labute approximate surface area is 123 Å². The minimum atomic E-state index is -3.81. The molecular weight excluding hydrogens is 294 g/mol.